The molecule has 12 atom stereocenters. The minimum atomic E-state index is -1.83. The summed E-state index contributed by atoms with van der Waals surface area (Å²) in [5, 5.41) is 38.5. The number of rotatable bonds is 22. The lowest BCUT2D eigenvalue weighted by Gasteiger charge is -2.36. The number of aromatic nitrogens is 4. The molecular formula is C85H117N21O18S. The average Bonchev–Trinajstić information content (AvgIpc) is 1.22. The Morgan fingerprint density at radius 3 is 1.70 bits per heavy atom. The van der Waals surface area contributed by atoms with Crippen molar-refractivity contribution in [1.82, 2.24) is 97.6 Å². The molecule has 18 N–H and O–H groups in total. The largest absolute Gasteiger partial charge is 0.394 e. The van der Waals surface area contributed by atoms with Crippen LogP contribution in [-0.4, -0.2) is 295 Å². The number of H-pyrrole nitrogens is 3. The Bertz CT molecular complexity index is 4810. The Balaban J connectivity index is 1.14. The van der Waals surface area contributed by atoms with Gasteiger partial charge in [-0.3, -0.25) is 81.5 Å². The molecular weight excluding hydrogens is 1640 g/mol. The molecule has 3 aromatic heterocycles. The maximum absolute atomic E-state index is 15.5. The summed E-state index contributed by atoms with van der Waals surface area (Å²) in [4.78, 5) is 263. The number of likely N-dealkylation sites (N-methyl/N-ethyl adjacent to an activating group) is 4. The highest BCUT2D eigenvalue weighted by Gasteiger charge is 2.44. The minimum Gasteiger partial charge on any atom is -0.394 e. The number of hydrogen-bond acceptors (Lipinski definition) is 20. The van der Waals surface area contributed by atoms with E-state index in [2.05, 4.69) is 73.1 Å². The van der Waals surface area contributed by atoms with Crippen LogP contribution in [0.25, 0.3) is 21.8 Å². The zero-order valence-corrected chi connectivity index (χ0v) is 72.6. The predicted molar refractivity (Wildman–Crippen MR) is 462 cm³/mol. The molecule has 0 spiro atoms. The summed E-state index contributed by atoms with van der Waals surface area (Å²) in [6, 6.07) is 4.93. The molecule has 3 aromatic carbocycles. The van der Waals surface area contributed by atoms with Crippen molar-refractivity contribution in [2.24, 2.45) is 17.4 Å². The third kappa shape index (κ3) is 27.9. The van der Waals surface area contributed by atoms with Gasteiger partial charge in [0.1, 0.15) is 72.5 Å². The quantitative estimate of drug-likeness (QED) is 0.0358. The third-order valence-corrected chi connectivity index (χ3v) is 23.0. The number of benzene rings is 3. The van der Waals surface area contributed by atoms with Crippen molar-refractivity contribution in [3.63, 3.8) is 0 Å². The SMILES string of the molecule is CCCC[C@H]1C(=O)N(C)[C@@H](CCCC)C(=O)NCC(=O)N[C@H](C(=O)NCC(N)=O)CSCC(=O)N[C@@H](Cc2ccccc2)C(=O)N(C)[C@@H](C)C(=O)N[C@@H](CC(N)=O)C(=O)N2CCC[C@H]2C(=O)N[C@@H](Cc2cnc[nH]2)C(=O)N[C@@H](CC(C)C)C(=O)N(C)CC(=O)N[C@@H](Cc2c[nH]c3ccccc23)C(=O)N[C@@H](CO)C(=O)N[C@@H](Cc2c[nH]c3ccccc23)C(=O)N1C. The highest BCUT2D eigenvalue weighted by atomic mass is 32.2. The van der Waals surface area contributed by atoms with E-state index in [0.29, 0.717) is 69.9 Å². The lowest BCUT2D eigenvalue weighted by Crippen LogP contribution is -2.61. The number of aliphatic hydroxyl groups excluding tert-OH is 1. The van der Waals surface area contributed by atoms with Gasteiger partial charge in [0.25, 0.3) is 0 Å². The van der Waals surface area contributed by atoms with E-state index in [1.54, 1.807) is 105 Å². The number of nitrogens with one attached hydrogen (secondary N) is 13. The molecule has 6 aromatic rings. The molecule has 39 nitrogen and oxygen atoms in total. The lowest BCUT2D eigenvalue weighted by molar-refractivity contribution is -0.149. The number of nitrogens with two attached hydrogens (primary N) is 2. The molecule has 2 aliphatic heterocycles. The van der Waals surface area contributed by atoms with Gasteiger partial charge in [-0.25, -0.2) is 4.98 Å². The highest BCUT2D eigenvalue weighted by molar-refractivity contribution is 8.00. The molecule has 5 heterocycles. The number of amides is 17. The number of aromatic amines is 3. The van der Waals surface area contributed by atoms with Crippen LogP contribution in [0, 0.1) is 5.92 Å². The number of aliphatic hydroxyl groups is 1. The van der Waals surface area contributed by atoms with Crippen LogP contribution in [0.5, 0.6) is 0 Å². The number of imidazole rings is 1. The van der Waals surface area contributed by atoms with Crippen LogP contribution in [0.15, 0.2) is 104 Å². The number of para-hydroxylation sites is 2. The smallest absolute Gasteiger partial charge is 0.246 e. The Labute approximate surface area is 727 Å². The van der Waals surface area contributed by atoms with Gasteiger partial charge in [-0.15, -0.1) is 11.8 Å². The van der Waals surface area contributed by atoms with Gasteiger partial charge in [-0.05, 0) is 73.8 Å². The van der Waals surface area contributed by atoms with Crippen molar-refractivity contribution in [3.8, 4) is 0 Å². The van der Waals surface area contributed by atoms with Gasteiger partial charge < -0.3 is 109 Å². The Morgan fingerprint density at radius 1 is 0.552 bits per heavy atom. The van der Waals surface area contributed by atoms with Crippen molar-refractivity contribution >= 4 is 134 Å². The van der Waals surface area contributed by atoms with Crippen LogP contribution in [0.2, 0.25) is 0 Å². The Morgan fingerprint density at radius 2 is 1.10 bits per heavy atom. The Kier molecular flexibility index (Phi) is 36.9. The lowest BCUT2D eigenvalue weighted by atomic mass is 10.00. The van der Waals surface area contributed by atoms with Crippen molar-refractivity contribution in [3.05, 3.63) is 126 Å². The van der Waals surface area contributed by atoms with E-state index < -0.39 is 211 Å². The third-order valence-electron chi connectivity index (χ3n) is 22.0. The number of unbranched alkanes of at least 4 members (excludes halogenated alkanes) is 2. The molecule has 676 valence electrons. The first kappa shape index (κ1) is 97.7. The first-order valence-corrected chi connectivity index (χ1v) is 42.9. The monoisotopic (exact) mass is 1750 g/mol. The van der Waals surface area contributed by atoms with E-state index in [1.165, 1.54) is 52.5 Å². The maximum Gasteiger partial charge on any atom is 0.246 e. The zero-order valence-electron chi connectivity index (χ0n) is 71.8. The van der Waals surface area contributed by atoms with Crippen molar-refractivity contribution < 1.29 is 86.6 Å². The summed E-state index contributed by atoms with van der Waals surface area (Å²) < 4.78 is 0. The first-order valence-electron chi connectivity index (χ1n) is 41.8. The molecule has 8 rings (SSSR count). The van der Waals surface area contributed by atoms with E-state index in [0.717, 1.165) is 31.4 Å². The second-order valence-corrected chi connectivity index (χ2v) is 32.9. The number of thioether (sulfide) groups is 1. The molecule has 2 saturated heterocycles. The van der Waals surface area contributed by atoms with E-state index >= 15 is 9.59 Å². The van der Waals surface area contributed by atoms with Gasteiger partial charge in [0.15, 0.2) is 0 Å². The Hall–Kier alpha value is -12.8. The first-order chi connectivity index (χ1) is 59.6. The summed E-state index contributed by atoms with van der Waals surface area (Å²) in [7, 11) is 5.28. The van der Waals surface area contributed by atoms with Crippen LogP contribution in [0.1, 0.15) is 121 Å². The number of carbonyl (C=O) groups is 17. The van der Waals surface area contributed by atoms with E-state index in [4.69, 9.17) is 11.5 Å². The average molecular weight is 1750 g/mol. The van der Waals surface area contributed by atoms with E-state index in [9.17, 15) is 77.0 Å². The summed E-state index contributed by atoms with van der Waals surface area (Å²) in [6.07, 6.45) is 6.52. The molecule has 0 aliphatic carbocycles. The number of hydrogen-bond donors (Lipinski definition) is 16. The predicted octanol–water partition coefficient (Wildman–Crippen LogP) is -1.77. The van der Waals surface area contributed by atoms with Gasteiger partial charge in [0.05, 0.1) is 44.7 Å². The van der Waals surface area contributed by atoms with Gasteiger partial charge in [-0.2, -0.15) is 0 Å². The molecule has 0 bridgehead atoms. The van der Waals surface area contributed by atoms with Crippen LogP contribution in [-0.2, 0) is 107 Å². The molecule has 17 amide bonds. The maximum atomic E-state index is 15.5. The number of fused-ring (bicyclic) bond motifs is 3. The van der Waals surface area contributed by atoms with E-state index in [-0.39, 0.29) is 76.0 Å². The molecule has 125 heavy (non-hydrogen) atoms. The fourth-order valence-electron chi connectivity index (χ4n) is 15.0. The number of nitrogens with zero attached hydrogens (tertiary/aromatic N) is 6. The van der Waals surface area contributed by atoms with Crippen LogP contribution >= 0.6 is 11.8 Å². The zero-order chi connectivity index (χ0) is 91.3. The summed E-state index contributed by atoms with van der Waals surface area (Å²) >= 11 is 0.817. The summed E-state index contributed by atoms with van der Waals surface area (Å²) in [5.74, 6) is -16.2. The standard InChI is InChI=1S/C85H117N21O18S/c1-10-12-28-66-79(118)92-42-71(110)96-65(75(114)91-41-70(87)109)45-125-46-73(112)95-61(33-50-22-15-14-16-23-50)82(121)103(7)49(5)74(113)98-63(37-69(86)108)84(123)106-31-21-30-67(106)80(119)97-59(36-53-40-88-47-93-53)77(116)99-60(32-48(3)4)81(120)102(6)43-72(111)94-58(34-51-38-89-56-26-19-17-24-54(51)56)76(115)101-64(44-107)78(117)100-62(35-52-39-90-57-27-20-18-25-55(52)57)83(122)105(9)68(29-13-11-2)85(124)104(66)8/h14-20,22-27,38-40,47-49,58-68,89-90,107H,10-13,21,28-37,41-46H2,1-9H3,(H2,86,108)(H2,87,109)(H,88,93)(H,91,114)(H,92,118)(H,94,111)(H,95,112)(H,96,110)(H,97,119)(H,98,113)(H,99,116)(H,100,117)(H,101,115)/t49-,58-,59-,60-,61-,62-,63-,64-,65-,66-,67-,68-/m0/s1. The van der Waals surface area contributed by atoms with Crippen LogP contribution in [0.4, 0.5) is 0 Å². The van der Waals surface area contributed by atoms with Crippen molar-refractivity contribution in [2.75, 3.05) is 72.5 Å². The molecule has 0 unspecified atom stereocenters. The fourth-order valence-corrected chi connectivity index (χ4v) is 15.8. The van der Waals surface area contributed by atoms with Crippen molar-refractivity contribution in [1.29, 1.82) is 0 Å². The van der Waals surface area contributed by atoms with Gasteiger partial charge in [0, 0.05) is 112 Å². The fraction of sp³-hybridized carbons (Fsp3) is 0.506. The molecule has 2 aliphatic rings. The topological polar surface area (TPSA) is 559 Å². The number of carbonyl (C=O) groups excluding carboxylic acids is 17. The molecule has 40 heteroatoms. The normalized spacial score (nSPS) is 23.6. The summed E-state index contributed by atoms with van der Waals surface area (Å²) in [6.45, 7) is 5.26. The van der Waals surface area contributed by atoms with Gasteiger partial charge in [0.2, 0.25) is 100 Å². The number of primary amides is 2. The summed E-state index contributed by atoms with van der Waals surface area (Å²) in [5.41, 5.74) is 14.4. The second-order valence-electron chi connectivity index (χ2n) is 31.9. The minimum absolute atomic E-state index is 0.0167. The van der Waals surface area contributed by atoms with Crippen LogP contribution in [0.3, 0.4) is 0 Å². The molecule has 2 fully saturated rings. The molecule has 0 saturated carbocycles. The second kappa shape index (κ2) is 47.2. The van der Waals surface area contributed by atoms with Gasteiger partial charge >= 0.3 is 0 Å². The van der Waals surface area contributed by atoms with Crippen LogP contribution < -0.4 is 64.6 Å². The highest BCUT2D eigenvalue weighted by Crippen LogP contribution is 2.26. The van der Waals surface area contributed by atoms with E-state index in [1.807, 2.05) is 13.8 Å². The van der Waals surface area contributed by atoms with Gasteiger partial charge in [-0.1, -0.05) is 120 Å². The molecule has 0 radical (unpaired) electrons. The van der Waals surface area contributed by atoms with Crippen molar-refractivity contribution in [2.45, 2.75) is 197 Å².